The summed E-state index contributed by atoms with van der Waals surface area (Å²) in [5.41, 5.74) is 0. The highest BCUT2D eigenvalue weighted by Crippen LogP contribution is 2.22. The molecule has 7 N–H and O–H groups in total. The zero-order chi connectivity index (χ0) is 38.2. The summed E-state index contributed by atoms with van der Waals surface area (Å²) in [6, 6.07) is -1.02. The molecule has 1 saturated heterocycles. The van der Waals surface area contributed by atoms with Gasteiger partial charge in [-0.05, 0) is 44.9 Å². The lowest BCUT2D eigenvalue weighted by Crippen LogP contribution is -2.60. The van der Waals surface area contributed by atoms with Crippen LogP contribution in [0, 0.1) is 0 Å². The summed E-state index contributed by atoms with van der Waals surface area (Å²) in [6.45, 7) is 3.52. The smallest absolute Gasteiger partial charge is 0.253 e. The van der Waals surface area contributed by atoms with Gasteiger partial charge in [0.2, 0.25) is 0 Å². The highest BCUT2D eigenvalue weighted by atomic mass is 16.7. The van der Waals surface area contributed by atoms with E-state index < -0.39 is 61.5 Å². The van der Waals surface area contributed by atoms with Gasteiger partial charge in [-0.25, -0.2) is 0 Å². The second-order valence-corrected chi connectivity index (χ2v) is 14.6. The van der Waals surface area contributed by atoms with Gasteiger partial charge >= 0.3 is 0 Å². The van der Waals surface area contributed by atoms with E-state index in [-0.39, 0.29) is 6.61 Å². The average Bonchev–Trinajstić information content (AvgIpc) is 3.14. The molecule has 1 aliphatic rings. The van der Waals surface area contributed by atoms with Crippen molar-refractivity contribution in [3.05, 3.63) is 36.5 Å². The molecular weight excluding hydrogens is 662 g/mol. The van der Waals surface area contributed by atoms with Crippen molar-refractivity contribution < 1.29 is 44.9 Å². The minimum Gasteiger partial charge on any atom is -0.394 e. The molecule has 0 spiro atoms. The Morgan fingerprint density at radius 2 is 1.10 bits per heavy atom. The van der Waals surface area contributed by atoms with Crippen molar-refractivity contribution in [2.75, 3.05) is 13.2 Å². The summed E-state index contributed by atoms with van der Waals surface area (Å²) in [7, 11) is 0. The van der Waals surface area contributed by atoms with Gasteiger partial charge < -0.3 is 45.4 Å². The Balaban J connectivity index is 2.55. The minimum atomic E-state index is -1.62. The van der Waals surface area contributed by atoms with E-state index in [0.717, 1.165) is 44.9 Å². The van der Waals surface area contributed by atoms with Crippen LogP contribution in [0.4, 0.5) is 0 Å². The molecule has 1 rings (SSSR count). The molecule has 0 unspecified atom stereocenters. The van der Waals surface area contributed by atoms with Crippen LogP contribution in [0.1, 0.15) is 162 Å². The summed E-state index contributed by atoms with van der Waals surface area (Å²) >= 11 is 0. The minimum absolute atomic E-state index is 0.337. The number of aliphatic hydroxyl groups is 6. The molecule has 8 atom stereocenters. The Labute approximate surface area is 315 Å². The Hall–Kier alpha value is -1.63. The van der Waals surface area contributed by atoms with Gasteiger partial charge in [-0.15, -0.1) is 0 Å². The number of unbranched alkanes of at least 4 members (excludes halogenated alkanes) is 20. The van der Waals surface area contributed by atoms with E-state index in [9.17, 15) is 35.4 Å². The molecule has 10 nitrogen and oxygen atoms in total. The van der Waals surface area contributed by atoms with E-state index in [1.54, 1.807) is 12.2 Å². The van der Waals surface area contributed by atoms with E-state index in [1.165, 1.54) is 109 Å². The van der Waals surface area contributed by atoms with Crippen LogP contribution < -0.4 is 5.32 Å². The van der Waals surface area contributed by atoms with Crippen molar-refractivity contribution >= 4 is 5.91 Å². The normalized spacial score (nSPS) is 22.8. The lowest BCUT2D eigenvalue weighted by Gasteiger charge is -2.40. The second-order valence-electron chi connectivity index (χ2n) is 14.6. The fraction of sp³-hybridized carbons (Fsp3) is 0.833. The molecule has 0 bridgehead atoms. The molecule has 0 aliphatic carbocycles. The summed E-state index contributed by atoms with van der Waals surface area (Å²) < 4.78 is 11.1. The number of carbonyl (C=O) groups excluding carboxylic acids is 1. The van der Waals surface area contributed by atoms with Crippen LogP contribution in [0.3, 0.4) is 0 Å². The maximum absolute atomic E-state index is 12.9. The van der Waals surface area contributed by atoms with Crippen molar-refractivity contribution in [1.29, 1.82) is 0 Å². The molecule has 1 heterocycles. The maximum atomic E-state index is 12.9. The zero-order valence-corrected chi connectivity index (χ0v) is 32.7. The maximum Gasteiger partial charge on any atom is 0.253 e. The molecule has 10 heteroatoms. The van der Waals surface area contributed by atoms with Crippen LogP contribution in [0.25, 0.3) is 0 Å². The van der Waals surface area contributed by atoms with Gasteiger partial charge in [0.15, 0.2) is 12.4 Å². The molecule has 1 fully saturated rings. The molecule has 1 aliphatic heterocycles. The predicted molar refractivity (Wildman–Crippen MR) is 209 cm³/mol. The molecule has 0 saturated carbocycles. The fourth-order valence-corrected chi connectivity index (χ4v) is 6.31. The van der Waals surface area contributed by atoms with Gasteiger partial charge in [-0.1, -0.05) is 153 Å². The van der Waals surface area contributed by atoms with Crippen LogP contribution in [-0.2, 0) is 14.3 Å². The lowest BCUT2D eigenvalue weighted by atomic mass is 9.99. The number of aliphatic hydroxyl groups excluding tert-OH is 6. The summed E-state index contributed by atoms with van der Waals surface area (Å²) in [5, 5.41) is 64.2. The van der Waals surface area contributed by atoms with Crippen LogP contribution in [-0.4, -0.2) is 98.7 Å². The first-order valence-electron chi connectivity index (χ1n) is 20.8. The summed E-state index contributed by atoms with van der Waals surface area (Å²) in [6.07, 6.45) is 28.3. The molecule has 0 aromatic heterocycles. The van der Waals surface area contributed by atoms with Gasteiger partial charge in [-0.3, -0.25) is 4.79 Å². The molecule has 0 radical (unpaired) electrons. The van der Waals surface area contributed by atoms with Crippen molar-refractivity contribution in [3.8, 4) is 0 Å². The van der Waals surface area contributed by atoms with Crippen molar-refractivity contribution in [1.82, 2.24) is 5.32 Å². The van der Waals surface area contributed by atoms with E-state index in [0.29, 0.717) is 0 Å². The third-order valence-electron chi connectivity index (χ3n) is 9.81. The number of rotatable bonds is 33. The largest absolute Gasteiger partial charge is 0.394 e. The Morgan fingerprint density at radius 3 is 1.63 bits per heavy atom. The van der Waals surface area contributed by atoms with E-state index >= 15 is 0 Å². The van der Waals surface area contributed by atoms with Crippen molar-refractivity contribution in [3.63, 3.8) is 0 Å². The molecule has 52 heavy (non-hydrogen) atoms. The standard InChI is InChI=1S/C42H77NO9/c1-3-5-7-9-11-13-15-17-19-20-22-24-26-28-30-35(45)34(33-51-42-40(49)39(48)38(47)37(32-44)52-42)43-41(50)36(46)31-29-27-25-23-21-18-16-14-12-10-8-6-4-2/h19-20,28-31,34-40,42,44-49H,3-18,21-27,32-33H2,1-2H3,(H,43,50)/b20-19+,30-28+,31-29+/t34-,35+,36+,37+,38+,39-,40+,42+/m0/s1. The fourth-order valence-electron chi connectivity index (χ4n) is 6.31. The lowest BCUT2D eigenvalue weighted by molar-refractivity contribution is -0.302. The van der Waals surface area contributed by atoms with Gasteiger partial charge in [0.25, 0.3) is 5.91 Å². The van der Waals surface area contributed by atoms with E-state index in [4.69, 9.17) is 9.47 Å². The number of ether oxygens (including phenoxy) is 2. The number of hydrogen-bond acceptors (Lipinski definition) is 9. The van der Waals surface area contributed by atoms with Crippen LogP contribution in [0.5, 0.6) is 0 Å². The zero-order valence-electron chi connectivity index (χ0n) is 32.7. The Kier molecular flexibility index (Phi) is 30.5. The molecule has 1 amide bonds. The van der Waals surface area contributed by atoms with Gasteiger partial charge in [-0.2, -0.15) is 0 Å². The number of amides is 1. The summed E-state index contributed by atoms with van der Waals surface area (Å²) in [4.78, 5) is 12.9. The van der Waals surface area contributed by atoms with Gasteiger partial charge in [0.05, 0.1) is 25.4 Å². The van der Waals surface area contributed by atoms with E-state index in [2.05, 4.69) is 31.3 Å². The van der Waals surface area contributed by atoms with Gasteiger partial charge in [0.1, 0.15) is 24.4 Å². The molecular formula is C42H77NO9. The van der Waals surface area contributed by atoms with Gasteiger partial charge in [0, 0.05) is 0 Å². The Bertz CT molecular complexity index is 927. The van der Waals surface area contributed by atoms with Crippen molar-refractivity contribution in [2.45, 2.75) is 210 Å². The van der Waals surface area contributed by atoms with Crippen LogP contribution in [0.15, 0.2) is 36.5 Å². The van der Waals surface area contributed by atoms with E-state index in [1.807, 2.05) is 6.08 Å². The quantitative estimate of drug-likeness (QED) is 0.0287. The first kappa shape index (κ1) is 48.4. The highest BCUT2D eigenvalue weighted by molar-refractivity contribution is 5.82. The summed E-state index contributed by atoms with van der Waals surface area (Å²) in [5.74, 6) is -0.712. The molecule has 0 aromatic rings. The topological polar surface area (TPSA) is 169 Å². The van der Waals surface area contributed by atoms with Crippen LogP contribution in [0.2, 0.25) is 0 Å². The number of allylic oxidation sites excluding steroid dienone is 4. The molecule has 0 aromatic carbocycles. The van der Waals surface area contributed by atoms with Crippen molar-refractivity contribution in [2.24, 2.45) is 0 Å². The first-order valence-corrected chi connectivity index (χ1v) is 20.8. The second kappa shape index (κ2) is 32.8. The molecule has 304 valence electrons. The monoisotopic (exact) mass is 740 g/mol. The Morgan fingerprint density at radius 1 is 0.635 bits per heavy atom. The van der Waals surface area contributed by atoms with Crippen LogP contribution >= 0.6 is 0 Å². The third kappa shape index (κ3) is 23.2. The number of hydrogen-bond donors (Lipinski definition) is 7. The average molecular weight is 740 g/mol. The third-order valence-corrected chi connectivity index (χ3v) is 9.81. The number of carbonyl (C=O) groups is 1. The SMILES string of the molecule is CCCCCCCCC/C=C/CCC/C=C/[C@@H](O)[C@H](CO[C@@H]1O[C@H](CO)[C@@H](O)[C@H](O)[C@H]1O)NC(=O)[C@H](O)/C=C/CCCCCCCCCCCCC. The number of nitrogens with one attached hydrogen (secondary N) is 1. The highest BCUT2D eigenvalue weighted by Gasteiger charge is 2.44. The predicted octanol–water partition coefficient (Wildman–Crippen LogP) is 6.69. The first-order chi connectivity index (χ1) is 25.3.